The van der Waals surface area contributed by atoms with Gasteiger partial charge in [-0.25, -0.2) is 0 Å². The summed E-state index contributed by atoms with van der Waals surface area (Å²) in [5, 5.41) is 3.31. The molecule has 25 heavy (non-hydrogen) atoms. The highest BCUT2D eigenvalue weighted by Gasteiger charge is 2.25. The third kappa shape index (κ3) is 5.46. The first-order valence-electron chi connectivity index (χ1n) is 8.49. The summed E-state index contributed by atoms with van der Waals surface area (Å²) >= 11 is 5.79. The Kier molecular flexibility index (Phi) is 6.82. The van der Waals surface area contributed by atoms with Gasteiger partial charge in [-0.3, -0.25) is 14.4 Å². The summed E-state index contributed by atoms with van der Waals surface area (Å²) < 4.78 is 0. The van der Waals surface area contributed by atoms with Gasteiger partial charge in [-0.15, -0.1) is 0 Å². The average Bonchev–Trinajstić information content (AvgIpc) is 2.61. The molecule has 0 spiro atoms. The normalized spacial score (nSPS) is 14.6. The van der Waals surface area contributed by atoms with E-state index in [1.807, 2.05) is 13.8 Å². The van der Waals surface area contributed by atoms with E-state index in [-0.39, 0.29) is 36.6 Å². The van der Waals surface area contributed by atoms with Gasteiger partial charge in [-0.1, -0.05) is 25.4 Å². The second-order valence-electron chi connectivity index (χ2n) is 6.37. The van der Waals surface area contributed by atoms with E-state index in [0.717, 1.165) is 0 Å². The number of rotatable bonds is 5. The summed E-state index contributed by atoms with van der Waals surface area (Å²) in [6.07, 6.45) is 0.247. The van der Waals surface area contributed by atoms with Crippen LogP contribution >= 0.6 is 11.6 Å². The number of hydrogen-bond donors (Lipinski definition) is 1. The summed E-state index contributed by atoms with van der Waals surface area (Å²) in [6, 6.07) is 6.59. The molecule has 1 aliphatic heterocycles. The van der Waals surface area contributed by atoms with Gasteiger partial charge in [0, 0.05) is 55.6 Å². The molecule has 0 saturated carbocycles. The lowest BCUT2D eigenvalue weighted by Gasteiger charge is -2.35. The molecule has 0 unspecified atom stereocenters. The summed E-state index contributed by atoms with van der Waals surface area (Å²) in [4.78, 5) is 39.7. The molecule has 6 nitrogen and oxygen atoms in total. The summed E-state index contributed by atoms with van der Waals surface area (Å²) in [5.41, 5.74) is 0.512. The van der Waals surface area contributed by atoms with Crippen LogP contribution in [0.15, 0.2) is 24.3 Å². The number of halogens is 1. The van der Waals surface area contributed by atoms with Crippen LogP contribution in [0.3, 0.4) is 0 Å². The van der Waals surface area contributed by atoms with Crippen LogP contribution < -0.4 is 5.32 Å². The minimum Gasteiger partial charge on any atom is -0.352 e. The summed E-state index contributed by atoms with van der Waals surface area (Å²) in [6.45, 7) is 6.27. The van der Waals surface area contributed by atoms with Crippen molar-refractivity contribution in [3.63, 3.8) is 0 Å². The number of carbonyl (C=O) groups is 3. The number of benzene rings is 1. The van der Waals surface area contributed by atoms with Gasteiger partial charge in [0.15, 0.2) is 0 Å². The van der Waals surface area contributed by atoms with Gasteiger partial charge >= 0.3 is 0 Å². The fourth-order valence-electron chi connectivity index (χ4n) is 2.69. The van der Waals surface area contributed by atoms with Gasteiger partial charge in [0.2, 0.25) is 11.8 Å². The van der Waals surface area contributed by atoms with E-state index in [9.17, 15) is 14.4 Å². The lowest BCUT2D eigenvalue weighted by atomic mass is 10.1. The minimum atomic E-state index is -0.225. The molecule has 1 aliphatic rings. The Morgan fingerprint density at radius 2 is 1.60 bits per heavy atom. The maximum atomic E-state index is 12.2. The zero-order valence-corrected chi connectivity index (χ0v) is 15.4. The van der Waals surface area contributed by atoms with Crippen molar-refractivity contribution in [2.75, 3.05) is 32.7 Å². The Hall–Kier alpha value is -2.08. The molecule has 1 aromatic carbocycles. The maximum Gasteiger partial charge on any atom is 0.251 e. The molecule has 1 aromatic rings. The van der Waals surface area contributed by atoms with Crippen molar-refractivity contribution in [3.8, 4) is 0 Å². The molecule has 1 heterocycles. The first-order chi connectivity index (χ1) is 11.9. The van der Waals surface area contributed by atoms with Crippen molar-refractivity contribution < 1.29 is 14.4 Å². The highest BCUT2D eigenvalue weighted by atomic mass is 35.5. The Morgan fingerprint density at radius 3 is 2.16 bits per heavy atom. The average molecular weight is 366 g/mol. The lowest BCUT2D eigenvalue weighted by Crippen LogP contribution is -2.51. The minimum absolute atomic E-state index is 0.00643. The molecule has 7 heteroatoms. The number of nitrogens with one attached hydrogen (secondary N) is 1. The number of carbonyl (C=O) groups excluding carboxylic acids is 3. The van der Waals surface area contributed by atoms with Gasteiger partial charge in [0.25, 0.3) is 5.91 Å². The van der Waals surface area contributed by atoms with Crippen molar-refractivity contribution in [3.05, 3.63) is 34.9 Å². The van der Waals surface area contributed by atoms with Crippen LogP contribution in [0.25, 0.3) is 0 Å². The quantitative estimate of drug-likeness (QED) is 0.864. The number of piperazine rings is 1. The van der Waals surface area contributed by atoms with E-state index in [1.54, 1.807) is 34.1 Å². The van der Waals surface area contributed by atoms with Gasteiger partial charge in [0.05, 0.1) is 0 Å². The molecule has 0 radical (unpaired) electrons. The second kappa shape index (κ2) is 8.85. The highest BCUT2D eigenvalue weighted by Crippen LogP contribution is 2.10. The molecule has 3 amide bonds. The molecule has 1 fully saturated rings. The lowest BCUT2D eigenvalue weighted by molar-refractivity contribution is -0.141. The number of amides is 3. The molecule has 0 atom stereocenters. The molecule has 0 aromatic heterocycles. The zero-order valence-electron chi connectivity index (χ0n) is 14.6. The van der Waals surface area contributed by atoms with E-state index in [1.165, 1.54) is 0 Å². The van der Waals surface area contributed by atoms with Gasteiger partial charge in [-0.05, 0) is 24.3 Å². The Morgan fingerprint density at radius 1 is 1.04 bits per heavy atom. The summed E-state index contributed by atoms with van der Waals surface area (Å²) in [5.74, 6) is -0.127. The van der Waals surface area contributed by atoms with Crippen molar-refractivity contribution in [1.82, 2.24) is 15.1 Å². The van der Waals surface area contributed by atoms with E-state index >= 15 is 0 Å². The van der Waals surface area contributed by atoms with Crippen LogP contribution in [0, 0.1) is 5.92 Å². The predicted molar refractivity (Wildman–Crippen MR) is 96.4 cm³/mol. The monoisotopic (exact) mass is 365 g/mol. The van der Waals surface area contributed by atoms with Crippen LogP contribution in [0.5, 0.6) is 0 Å². The van der Waals surface area contributed by atoms with Gasteiger partial charge in [0.1, 0.15) is 0 Å². The van der Waals surface area contributed by atoms with Crippen molar-refractivity contribution in [2.24, 2.45) is 5.92 Å². The van der Waals surface area contributed by atoms with Crippen LogP contribution in [-0.2, 0) is 9.59 Å². The van der Waals surface area contributed by atoms with Gasteiger partial charge < -0.3 is 15.1 Å². The topological polar surface area (TPSA) is 69.7 Å². The Balaban J connectivity index is 1.71. The van der Waals surface area contributed by atoms with E-state index in [0.29, 0.717) is 36.8 Å². The standard InChI is InChI=1S/C18H24ClN3O3/c1-13(2)18(25)22-11-9-21(10-12-22)16(23)7-8-20-17(24)14-3-5-15(19)6-4-14/h3-6,13H,7-12H2,1-2H3,(H,20,24). The van der Waals surface area contributed by atoms with Crippen LogP contribution in [0.2, 0.25) is 5.02 Å². The third-order valence-corrected chi connectivity index (χ3v) is 4.42. The number of hydrogen-bond acceptors (Lipinski definition) is 3. The maximum absolute atomic E-state index is 12.2. The molecule has 1 saturated heterocycles. The predicted octanol–water partition coefficient (Wildman–Crippen LogP) is 1.79. The zero-order chi connectivity index (χ0) is 18.4. The van der Waals surface area contributed by atoms with Gasteiger partial charge in [-0.2, -0.15) is 0 Å². The van der Waals surface area contributed by atoms with Crippen LogP contribution in [0.1, 0.15) is 30.6 Å². The fourth-order valence-corrected chi connectivity index (χ4v) is 2.81. The SMILES string of the molecule is CC(C)C(=O)N1CCN(C(=O)CCNC(=O)c2ccc(Cl)cc2)CC1. The molecular formula is C18H24ClN3O3. The number of nitrogens with zero attached hydrogens (tertiary/aromatic N) is 2. The van der Waals surface area contributed by atoms with Crippen molar-refractivity contribution in [2.45, 2.75) is 20.3 Å². The van der Waals surface area contributed by atoms with Crippen LogP contribution in [-0.4, -0.2) is 60.2 Å². The molecule has 136 valence electrons. The van der Waals surface area contributed by atoms with Crippen molar-refractivity contribution >= 4 is 29.3 Å². The van der Waals surface area contributed by atoms with E-state index in [4.69, 9.17) is 11.6 Å². The highest BCUT2D eigenvalue weighted by molar-refractivity contribution is 6.30. The molecule has 1 N–H and O–H groups in total. The smallest absolute Gasteiger partial charge is 0.251 e. The van der Waals surface area contributed by atoms with E-state index < -0.39 is 0 Å². The molecule has 2 rings (SSSR count). The molecular weight excluding hydrogens is 342 g/mol. The molecule has 0 bridgehead atoms. The van der Waals surface area contributed by atoms with E-state index in [2.05, 4.69) is 5.32 Å². The Labute approximate surface area is 153 Å². The third-order valence-electron chi connectivity index (χ3n) is 4.17. The first kappa shape index (κ1) is 19.2. The molecule has 0 aliphatic carbocycles. The largest absolute Gasteiger partial charge is 0.352 e. The first-order valence-corrected chi connectivity index (χ1v) is 8.86. The van der Waals surface area contributed by atoms with Crippen LogP contribution in [0.4, 0.5) is 0 Å². The van der Waals surface area contributed by atoms with Crippen molar-refractivity contribution in [1.29, 1.82) is 0 Å². The summed E-state index contributed by atoms with van der Waals surface area (Å²) in [7, 11) is 0. The second-order valence-corrected chi connectivity index (χ2v) is 6.81. The Bertz CT molecular complexity index is 623. The fraction of sp³-hybridized carbons (Fsp3) is 0.500.